The van der Waals surface area contributed by atoms with Crippen molar-refractivity contribution in [2.75, 3.05) is 46.6 Å². The van der Waals surface area contributed by atoms with Gasteiger partial charge in [0.15, 0.2) is 11.5 Å². The number of benzene rings is 1. The van der Waals surface area contributed by atoms with Crippen molar-refractivity contribution in [2.45, 2.75) is 6.92 Å². The first-order valence-corrected chi connectivity index (χ1v) is 9.81. The van der Waals surface area contributed by atoms with E-state index in [4.69, 9.17) is 14.2 Å². The van der Waals surface area contributed by atoms with E-state index in [1.165, 1.54) is 0 Å². The number of morpholine rings is 1. The van der Waals surface area contributed by atoms with Gasteiger partial charge in [-0.05, 0) is 25.1 Å². The molecular weight excluding hydrogens is 370 g/mol. The average Bonchev–Trinajstić information content (AvgIpc) is 3.34. The molecule has 0 spiro atoms. The maximum absolute atomic E-state index is 6.08. The largest absolute Gasteiger partial charge is 0.493 e. The van der Waals surface area contributed by atoms with Crippen LogP contribution in [-0.4, -0.2) is 70.8 Å². The number of aromatic nitrogens is 4. The fourth-order valence-electron chi connectivity index (χ4n) is 3.57. The maximum Gasteiger partial charge on any atom is 0.161 e. The van der Waals surface area contributed by atoms with Gasteiger partial charge in [-0.2, -0.15) is 5.10 Å². The van der Waals surface area contributed by atoms with Crippen LogP contribution in [0.15, 0.2) is 36.8 Å². The number of ether oxygens (including phenoxy) is 3. The van der Waals surface area contributed by atoms with Crippen molar-refractivity contribution in [3.05, 3.63) is 42.5 Å². The van der Waals surface area contributed by atoms with E-state index in [2.05, 4.69) is 15.0 Å². The van der Waals surface area contributed by atoms with Crippen molar-refractivity contribution >= 4 is 0 Å². The van der Waals surface area contributed by atoms with Gasteiger partial charge in [-0.25, -0.2) is 4.98 Å². The number of rotatable bonds is 7. The number of hydrogen-bond acceptors (Lipinski definition) is 6. The molecule has 8 nitrogen and oxygen atoms in total. The highest BCUT2D eigenvalue weighted by molar-refractivity contribution is 5.63. The number of aryl methyl sites for hydroxylation is 2. The molecule has 0 aliphatic carbocycles. The van der Waals surface area contributed by atoms with Crippen LogP contribution >= 0.6 is 0 Å². The molecular formula is C21H27N5O3. The highest BCUT2D eigenvalue weighted by Gasteiger charge is 2.15. The monoisotopic (exact) mass is 397 g/mol. The van der Waals surface area contributed by atoms with Crippen molar-refractivity contribution in [3.63, 3.8) is 0 Å². The van der Waals surface area contributed by atoms with E-state index in [9.17, 15) is 0 Å². The molecule has 3 heterocycles. The van der Waals surface area contributed by atoms with Gasteiger partial charge in [-0.15, -0.1) is 0 Å². The van der Waals surface area contributed by atoms with Crippen LogP contribution in [-0.2, 0) is 11.8 Å². The first-order chi connectivity index (χ1) is 14.2. The Bertz CT molecular complexity index is 959. The number of methoxy groups -OCH3 is 1. The van der Waals surface area contributed by atoms with Gasteiger partial charge in [0.1, 0.15) is 12.4 Å². The molecule has 3 aromatic rings. The number of hydrogen-bond donors (Lipinski definition) is 0. The van der Waals surface area contributed by atoms with Gasteiger partial charge in [0.25, 0.3) is 0 Å². The average molecular weight is 397 g/mol. The van der Waals surface area contributed by atoms with Crippen LogP contribution in [0.3, 0.4) is 0 Å². The Morgan fingerprint density at radius 2 is 2.00 bits per heavy atom. The molecule has 1 aliphatic rings. The molecule has 0 bridgehead atoms. The van der Waals surface area contributed by atoms with E-state index >= 15 is 0 Å². The molecule has 1 aromatic carbocycles. The van der Waals surface area contributed by atoms with Gasteiger partial charge in [0, 0.05) is 50.8 Å². The van der Waals surface area contributed by atoms with Gasteiger partial charge >= 0.3 is 0 Å². The Morgan fingerprint density at radius 3 is 2.72 bits per heavy atom. The van der Waals surface area contributed by atoms with Crippen LogP contribution in [0.5, 0.6) is 11.5 Å². The summed E-state index contributed by atoms with van der Waals surface area (Å²) >= 11 is 0. The van der Waals surface area contributed by atoms with E-state index < -0.39 is 0 Å². The fraction of sp³-hybridized carbons (Fsp3) is 0.429. The minimum Gasteiger partial charge on any atom is -0.493 e. The lowest BCUT2D eigenvalue weighted by atomic mass is 10.2. The Hall–Kier alpha value is -2.84. The third kappa shape index (κ3) is 4.28. The van der Waals surface area contributed by atoms with Gasteiger partial charge in [0.05, 0.1) is 31.7 Å². The van der Waals surface area contributed by atoms with E-state index in [1.807, 2.05) is 53.8 Å². The summed E-state index contributed by atoms with van der Waals surface area (Å²) in [4.78, 5) is 6.92. The third-order valence-electron chi connectivity index (χ3n) is 5.08. The van der Waals surface area contributed by atoms with Crippen molar-refractivity contribution in [3.8, 4) is 28.6 Å². The van der Waals surface area contributed by atoms with Gasteiger partial charge < -0.3 is 14.2 Å². The molecule has 1 fully saturated rings. The smallest absolute Gasteiger partial charge is 0.161 e. The third-order valence-corrected chi connectivity index (χ3v) is 5.08. The van der Waals surface area contributed by atoms with Gasteiger partial charge in [-0.3, -0.25) is 14.1 Å². The van der Waals surface area contributed by atoms with Gasteiger partial charge in [0.2, 0.25) is 0 Å². The molecule has 1 aliphatic heterocycles. The molecule has 0 unspecified atom stereocenters. The summed E-state index contributed by atoms with van der Waals surface area (Å²) in [6, 6.07) is 5.91. The van der Waals surface area contributed by atoms with Crippen LogP contribution in [0.25, 0.3) is 17.1 Å². The van der Waals surface area contributed by atoms with Crippen molar-refractivity contribution in [2.24, 2.45) is 7.05 Å². The summed E-state index contributed by atoms with van der Waals surface area (Å²) in [7, 11) is 3.57. The summed E-state index contributed by atoms with van der Waals surface area (Å²) in [6.45, 7) is 6.92. The van der Waals surface area contributed by atoms with Crippen molar-refractivity contribution in [1.29, 1.82) is 0 Å². The van der Waals surface area contributed by atoms with Crippen molar-refractivity contribution in [1.82, 2.24) is 24.2 Å². The Labute approximate surface area is 170 Å². The fourth-order valence-corrected chi connectivity index (χ4v) is 3.57. The normalized spacial score (nSPS) is 14.9. The lowest BCUT2D eigenvalue weighted by Gasteiger charge is -2.26. The molecule has 0 saturated carbocycles. The highest BCUT2D eigenvalue weighted by atomic mass is 16.5. The standard InChI is InChI=1S/C21H27N5O3/c1-16-18(15-24(2)23-16)26-7-6-22-21(26)17-4-5-19(27-3)20(14-17)29-13-10-25-8-11-28-12-9-25/h4-7,14-15H,8-13H2,1-3H3. The lowest BCUT2D eigenvalue weighted by molar-refractivity contribution is 0.0321. The van der Waals surface area contributed by atoms with E-state index in [0.29, 0.717) is 12.4 Å². The summed E-state index contributed by atoms with van der Waals surface area (Å²) in [5, 5.41) is 4.44. The lowest BCUT2D eigenvalue weighted by Crippen LogP contribution is -2.38. The topological polar surface area (TPSA) is 66.6 Å². The number of nitrogens with zero attached hydrogens (tertiary/aromatic N) is 5. The van der Waals surface area contributed by atoms with E-state index in [-0.39, 0.29) is 0 Å². The second kappa shape index (κ2) is 8.67. The zero-order valence-corrected chi connectivity index (χ0v) is 17.2. The Kier molecular flexibility index (Phi) is 5.82. The van der Waals surface area contributed by atoms with E-state index in [1.54, 1.807) is 13.3 Å². The van der Waals surface area contributed by atoms with Crippen LogP contribution in [0, 0.1) is 6.92 Å². The Balaban J connectivity index is 1.55. The summed E-state index contributed by atoms with van der Waals surface area (Å²) in [5.74, 6) is 2.27. The molecule has 1 saturated heterocycles. The molecule has 154 valence electrons. The van der Waals surface area contributed by atoms with Gasteiger partial charge in [-0.1, -0.05) is 0 Å². The van der Waals surface area contributed by atoms with Crippen LogP contribution in [0.1, 0.15) is 5.69 Å². The van der Waals surface area contributed by atoms with Crippen LogP contribution in [0.4, 0.5) is 0 Å². The first-order valence-electron chi connectivity index (χ1n) is 9.81. The molecule has 8 heteroatoms. The molecule has 0 amide bonds. The second-order valence-corrected chi connectivity index (χ2v) is 7.06. The molecule has 4 rings (SSSR count). The highest BCUT2D eigenvalue weighted by Crippen LogP contribution is 2.33. The Morgan fingerprint density at radius 1 is 1.17 bits per heavy atom. The van der Waals surface area contributed by atoms with Crippen LogP contribution < -0.4 is 9.47 Å². The second-order valence-electron chi connectivity index (χ2n) is 7.06. The SMILES string of the molecule is COc1ccc(-c2nccn2-c2cn(C)nc2C)cc1OCCN1CCOCC1. The molecule has 0 atom stereocenters. The summed E-state index contributed by atoms with van der Waals surface area (Å²) in [5.41, 5.74) is 2.91. The zero-order chi connectivity index (χ0) is 20.2. The first kappa shape index (κ1) is 19.5. The number of imidazole rings is 1. The quantitative estimate of drug-likeness (QED) is 0.610. The van der Waals surface area contributed by atoms with Crippen LogP contribution in [0.2, 0.25) is 0 Å². The minimum atomic E-state index is 0.593. The van der Waals surface area contributed by atoms with E-state index in [0.717, 1.165) is 61.4 Å². The predicted octanol–water partition coefficient (Wildman–Crippen LogP) is 2.30. The summed E-state index contributed by atoms with van der Waals surface area (Å²) in [6.07, 6.45) is 5.73. The molecule has 0 radical (unpaired) electrons. The molecule has 29 heavy (non-hydrogen) atoms. The molecule has 2 aromatic heterocycles. The zero-order valence-electron chi connectivity index (χ0n) is 17.2. The summed E-state index contributed by atoms with van der Waals surface area (Å²) < 4.78 is 20.8. The predicted molar refractivity (Wildman–Crippen MR) is 110 cm³/mol. The minimum absolute atomic E-state index is 0.593. The maximum atomic E-state index is 6.08. The van der Waals surface area contributed by atoms with Crippen molar-refractivity contribution < 1.29 is 14.2 Å². The molecule has 0 N–H and O–H groups in total.